The van der Waals surface area contributed by atoms with E-state index < -0.39 is 35.7 Å². The second kappa shape index (κ2) is 13.0. The third kappa shape index (κ3) is 18.4. The minimum atomic E-state index is -4.37. The Labute approximate surface area is 148 Å². The summed E-state index contributed by atoms with van der Waals surface area (Å²) in [5.41, 5.74) is -2.94. The average Bonchev–Trinajstić information content (AvgIpc) is 2.46. The Kier molecular flexibility index (Phi) is 14.3. The molecule has 0 fully saturated rings. The summed E-state index contributed by atoms with van der Waals surface area (Å²) < 4.78 is 103. The molecule has 0 aromatic carbocycles. The lowest BCUT2D eigenvalue weighted by molar-refractivity contribution is -0.0628. The summed E-state index contributed by atoms with van der Waals surface area (Å²) in [5, 5.41) is 8.06. The molecule has 0 saturated carbocycles. The predicted molar refractivity (Wildman–Crippen MR) is 78.5 cm³/mol. The molecule has 0 rings (SSSR count). The van der Waals surface area contributed by atoms with Crippen molar-refractivity contribution in [3.8, 4) is 0 Å². The van der Waals surface area contributed by atoms with Gasteiger partial charge in [-0.15, -0.1) is 0 Å². The highest BCUT2D eigenvalue weighted by Crippen LogP contribution is 2.17. The first kappa shape index (κ1) is 29.5. The molecule has 0 aromatic rings. The van der Waals surface area contributed by atoms with E-state index in [4.69, 9.17) is 0 Å². The first-order chi connectivity index (χ1) is 11.9. The van der Waals surface area contributed by atoms with Crippen molar-refractivity contribution in [1.82, 2.24) is 0 Å². The van der Waals surface area contributed by atoms with Crippen molar-refractivity contribution in [2.75, 3.05) is 21.3 Å². The van der Waals surface area contributed by atoms with E-state index in [1.165, 1.54) is 0 Å². The lowest BCUT2D eigenvalue weighted by Crippen LogP contribution is -2.19. The fourth-order valence-corrected chi connectivity index (χ4v) is 0.566. The van der Waals surface area contributed by atoms with Crippen molar-refractivity contribution in [2.24, 2.45) is 15.5 Å². The third-order valence-corrected chi connectivity index (χ3v) is 1.92. The average molecular weight is 423 g/mol. The second-order valence-corrected chi connectivity index (χ2v) is 4.07. The van der Waals surface area contributed by atoms with Gasteiger partial charge in [-0.3, -0.25) is 0 Å². The maximum atomic E-state index is 11.4. The Balaban J connectivity index is -0.000000320. The van der Waals surface area contributed by atoms with Crippen molar-refractivity contribution in [1.29, 1.82) is 0 Å². The fraction of sp³-hybridized carbons (Fsp3) is 0.750. The van der Waals surface area contributed by atoms with Crippen LogP contribution in [0.5, 0.6) is 0 Å². The van der Waals surface area contributed by atoms with Gasteiger partial charge in [0.2, 0.25) is 0 Å². The van der Waals surface area contributed by atoms with Crippen molar-refractivity contribution in [3.63, 3.8) is 0 Å². The summed E-state index contributed by atoms with van der Waals surface area (Å²) in [4.78, 5) is 11.7. The number of halogens is 9. The molecule has 0 amide bonds. The zero-order valence-corrected chi connectivity index (χ0v) is 15.0. The standard InChI is InChI=1S/3C4H6F3NO/c3*1-3(8-9-2)4(5,6)7/h3*1-2H3/b2*8-3-;. The minimum Gasteiger partial charge on any atom is -0.399 e. The number of alkyl halides is 9. The minimum absolute atomic E-state index is 0.837. The van der Waals surface area contributed by atoms with Crippen LogP contribution in [-0.2, 0) is 14.5 Å². The van der Waals surface area contributed by atoms with Gasteiger partial charge in [-0.1, -0.05) is 15.5 Å². The Morgan fingerprint density at radius 1 is 0.481 bits per heavy atom. The van der Waals surface area contributed by atoms with E-state index in [0.717, 1.165) is 42.1 Å². The van der Waals surface area contributed by atoms with Crippen LogP contribution in [0.25, 0.3) is 0 Å². The van der Waals surface area contributed by atoms with Crippen LogP contribution in [0.4, 0.5) is 39.5 Å². The predicted octanol–water partition coefficient (Wildman–Crippen LogP) is 4.71. The molecule has 0 aliphatic rings. The highest BCUT2D eigenvalue weighted by atomic mass is 19.4. The molecular weight excluding hydrogens is 405 g/mol. The van der Waals surface area contributed by atoms with Crippen molar-refractivity contribution in [3.05, 3.63) is 0 Å². The zero-order chi connectivity index (χ0) is 22.5. The summed E-state index contributed by atoms with van der Waals surface area (Å²) in [5.74, 6) is 0. The molecule has 162 valence electrons. The molecule has 0 heterocycles. The Hall–Kier alpha value is -2.22. The molecule has 27 heavy (non-hydrogen) atoms. The molecule has 0 bridgehead atoms. The number of rotatable bonds is 3. The SMILES string of the molecule is CO/N=C(/C)C(F)(F)F.CO/N=C(/C)C(F)(F)F.CON=C(C)C(F)(F)F. The molecule has 0 atom stereocenters. The lowest BCUT2D eigenvalue weighted by atomic mass is 10.4. The summed E-state index contributed by atoms with van der Waals surface area (Å²) in [7, 11) is 3.19. The van der Waals surface area contributed by atoms with Crippen LogP contribution >= 0.6 is 0 Å². The van der Waals surface area contributed by atoms with E-state index in [9.17, 15) is 39.5 Å². The van der Waals surface area contributed by atoms with E-state index in [2.05, 4.69) is 30.0 Å². The topological polar surface area (TPSA) is 64.8 Å². The fourth-order valence-electron chi connectivity index (χ4n) is 0.566. The normalized spacial score (nSPS) is 13.7. The molecule has 0 unspecified atom stereocenters. The summed E-state index contributed by atoms with van der Waals surface area (Å²) in [6, 6.07) is 0. The van der Waals surface area contributed by atoms with Gasteiger partial charge < -0.3 is 14.5 Å². The Morgan fingerprint density at radius 2 is 0.630 bits per heavy atom. The quantitative estimate of drug-likeness (QED) is 0.375. The second-order valence-electron chi connectivity index (χ2n) is 4.07. The number of hydrogen-bond acceptors (Lipinski definition) is 6. The van der Waals surface area contributed by atoms with Crippen LogP contribution in [0.2, 0.25) is 0 Å². The summed E-state index contributed by atoms with van der Waals surface area (Å²) >= 11 is 0. The van der Waals surface area contributed by atoms with E-state index >= 15 is 0 Å². The smallest absolute Gasteiger partial charge is 0.399 e. The van der Waals surface area contributed by atoms with E-state index in [1.54, 1.807) is 0 Å². The summed E-state index contributed by atoms with van der Waals surface area (Å²) in [6.07, 6.45) is -13.1. The molecule has 0 radical (unpaired) electrons. The maximum absolute atomic E-state index is 11.4. The van der Waals surface area contributed by atoms with Gasteiger partial charge in [0.05, 0.1) is 0 Å². The molecule has 0 aromatic heterocycles. The van der Waals surface area contributed by atoms with Crippen molar-refractivity contribution < 1.29 is 54.0 Å². The molecule has 0 N–H and O–H groups in total. The molecule has 0 aliphatic heterocycles. The summed E-state index contributed by atoms with van der Waals surface area (Å²) in [6.45, 7) is 2.51. The monoisotopic (exact) mass is 423 g/mol. The van der Waals surface area contributed by atoms with Crippen LogP contribution in [0.1, 0.15) is 20.8 Å². The molecule has 0 saturated heterocycles. The van der Waals surface area contributed by atoms with Gasteiger partial charge >= 0.3 is 18.5 Å². The van der Waals surface area contributed by atoms with Gasteiger partial charge in [0.1, 0.15) is 21.3 Å². The van der Waals surface area contributed by atoms with Gasteiger partial charge in [0.15, 0.2) is 17.1 Å². The molecule has 15 heteroatoms. The molecule has 0 aliphatic carbocycles. The van der Waals surface area contributed by atoms with Gasteiger partial charge in [0, 0.05) is 0 Å². The first-order valence-electron chi connectivity index (χ1n) is 6.39. The Morgan fingerprint density at radius 3 is 0.667 bits per heavy atom. The number of nitrogens with zero attached hydrogens (tertiary/aromatic N) is 3. The third-order valence-electron chi connectivity index (χ3n) is 1.92. The maximum Gasteiger partial charge on any atom is 0.432 e. The van der Waals surface area contributed by atoms with Crippen molar-refractivity contribution in [2.45, 2.75) is 39.3 Å². The van der Waals surface area contributed by atoms with Crippen LogP contribution < -0.4 is 0 Å². The number of oxime groups is 3. The van der Waals surface area contributed by atoms with Crippen LogP contribution in [-0.4, -0.2) is 57.0 Å². The highest BCUT2D eigenvalue weighted by molar-refractivity contribution is 5.87. The van der Waals surface area contributed by atoms with E-state index in [0.29, 0.717) is 0 Å². The van der Waals surface area contributed by atoms with Gasteiger partial charge in [-0.05, 0) is 20.8 Å². The number of hydrogen-bond donors (Lipinski definition) is 0. The largest absolute Gasteiger partial charge is 0.432 e. The molecule has 6 nitrogen and oxygen atoms in total. The van der Waals surface area contributed by atoms with E-state index in [-0.39, 0.29) is 0 Å². The van der Waals surface area contributed by atoms with E-state index in [1.807, 2.05) is 0 Å². The van der Waals surface area contributed by atoms with Gasteiger partial charge in [0.25, 0.3) is 0 Å². The first-order valence-corrected chi connectivity index (χ1v) is 6.39. The van der Waals surface area contributed by atoms with Gasteiger partial charge in [-0.2, -0.15) is 39.5 Å². The van der Waals surface area contributed by atoms with Crippen LogP contribution in [0, 0.1) is 0 Å². The zero-order valence-electron chi connectivity index (χ0n) is 15.0. The van der Waals surface area contributed by atoms with Crippen molar-refractivity contribution >= 4 is 17.1 Å². The van der Waals surface area contributed by atoms with Crippen LogP contribution in [0.15, 0.2) is 15.5 Å². The van der Waals surface area contributed by atoms with Gasteiger partial charge in [-0.25, -0.2) is 0 Å². The molecular formula is C12H18F9N3O3. The van der Waals surface area contributed by atoms with Crippen LogP contribution in [0.3, 0.4) is 0 Å². The molecule has 0 spiro atoms. The Bertz CT molecular complexity index is 424. The highest BCUT2D eigenvalue weighted by Gasteiger charge is 2.33. The lowest BCUT2D eigenvalue weighted by Gasteiger charge is -2.02.